The van der Waals surface area contributed by atoms with Crippen molar-refractivity contribution in [3.63, 3.8) is 0 Å². The predicted octanol–water partition coefficient (Wildman–Crippen LogP) is 3.83. The lowest BCUT2D eigenvalue weighted by Gasteiger charge is -2.19. The molecule has 76 valence electrons. The Hall–Kier alpha value is -0.850. The van der Waals surface area contributed by atoms with Crippen LogP contribution in [-0.4, -0.2) is 0 Å². The second kappa shape index (κ2) is 3.72. The van der Waals surface area contributed by atoms with Crippen LogP contribution in [0.3, 0.4) is 0 Å². The second-order valence-corrected chi connectivity index (χ2v) is 4.47. The summed E-state index contributed by atoms with van der Waals surface area (Å²) in [6.07, 6.45) is 4.35. The van der Waals surface area contributed by atoms with E-state index >= 15 is 0 Å². The van der Waals surface area contributed by atoms with Crippen molar-refractivity contribution >= 4 is 0 Å². The van der Waals surface area contributed by atoms with Gasteiger partial charge in [-0.15, -0.1) is 0 Å². The Morgan fingerprint density at radius 1 is 1.14 bits per heavy atom. The summed E-state index contributed by atoms with van der Waals surface area (Å²) in [5.41, 5.74) is 3.10. The standard InChI is InChI=1S/C13H17F/c1-9(2)11-8-7-10-5-3-4-6-12(10)13(11)14/h7-9H,3-6H2,1-2H3. The van der Waals surface area contributed by atoms with Crippen LogP contribution < -0.4 is 0 Å². The quantitative estimate of drug-likeness (QED) is 0.634. The molecule has 0 unspecified atom stereocenters. The zero-order chi connectivity index (χ0) is 10.1. The van der Waals surface area contributed by atoms with E-state index in [1.54, 1.807) is 0 Å². The molecule has 1 aromatic rings. The first-order valence-electron chi connectivity index (χ1n) is 5.50. The number of hydrogen-bond acceptors (Lipinski definition) is 0. The lowest BCUT2D eigenvalue weighted by molar-refractivity contribution is 0.557. The van der Waals surface area contributed by atoms with E-state index < -0.39 is 0 Å². The highest BCUT2D eigenvalue weighted by molar-refractivity contribution is 5.36. The van der Waals surface area contributed by atoms with Crippen LogP contribution in [0.25, 0.3) is 0 Å². The Morgan fingerprint density at radius 2 is 1.86 bits per heavy atom. The van der Waals surface area contributed by atoms with E-state index in [4.69, 9.17) is 0 Å². The molecular formula is C13H17F. The second-order valence-electron chi connectivity index (χ2n) is 4.47. The van der Waals surface area contributed by atoms with Gasteiger partial charge in [-0.1, -0.05) is 26.0 Å². The van der Waals surface area contributed by atoms with Gasteiger partial charge in [0.25, 0.3) is 0 Å². The molecule has 0 aromatic heterocycles. The van der Waals surface area contributed by atoms with Crippen LogP contribution in [0.5, 0.6) is 0 Å². The van der Waals surface area contributed by atoms with Crippen LogP contribution in [-0.2, 0) is 12.8 Å². The summed E-state index contributed by atoms with van der Waals surface area (Å²) in [6, 6.07) is 4.08. The van der Waals surface area contributed by atoms with Gasteiger partial charge in [-0.05, 0) is 48.3 Å². The number of aryl methyl sites for hydroxylation is 1. The van der Waals surface area contributed by atoms with Crippen LogP contribution in [0.1, 0.15) is 49.3 Å². The third-order valence-electron chi connectivity index (χ3n) is 3.11. The van der Waals surface area contributed by atoms with Gasteiger partial charge < -0.3 is 0 Å². The number of rotatable bonds is 1. The molecule has 0 aliphatic heterocycles. The van der Waals surface area contributed by atoms with Gasteiger partial charge in [0.2, 0.25) is 0 Å². The number of hydrogen-bond donors (Lipinski definition) is 0. The maximum Gasteiger partial charge on any atom is 0.130 e. The first-order valence-corrected chi connectivity index (χ1v) is 5.50. The zero-order valence-electron chi connectivity index (χ0n) is 8.94. The fourth-order valence-electron chi connectivity index (χ4n) is 2.25. The number of halogens is 1. The molecule has 0 nitrogen and oxygen atoms in total. The van der Waals surface area contributed by atoms with E-state index in [9.17, 15) is 4.39 Å². The van der Waals surface area contributed by atoms with Crippen molar-refractivity contribution in [2.45, 2.75) is 45.4 Å². The summed E-state index contributed by atoms with van der Waals surface area (Å²) in [6.45, 7) is 4.10. The highest BCUT2D eigenvalue weighted by Crippen LogP contribution is 2.28. The molecule has 1 aliphatic carbocycles. The molecule has 14 heavy (non-hydrogen) atoms. The van der Waals surface area contributed by atoms with Crippen molar-refractivity contribution in [1.29, 1.82) is 0 Å². The molecule has 0 bridgehead atoms. The molecule has 0 saturated heterocycles. The lowest BCUT2D eigenvalue weighted by atomic mass is 9.87. The fourth-order valence-corrected chi connectivity index (χ4v) is 2.25. The summed E-state index contributed by atoms with van der Waals surface area (Å²) in [4.78, 5) is 0. The molecule has 0 saturated carbocycles. The van der Waals surface area contributed by atoms with Crippen LogP contribution in [0.4, 0.5) is 4.39 Å². The maximum absolute atomic E-state index is 14.0. The van der Waals surface area contributed by atoms with E-state index in [1.165, 1.54) is 12.0 Å². The van der Waals surface area contributed by atoms with Crippen LogP contribution >= 0.6 is 0 Å². The number of fused-ring (bicyclic) bond motifs is 1. The molecule has 0 amide bonds. The predicted molar refractivity (Wildman–Crippen MR) is 57.1 cm³/mol. The third-order valence-corrected chi connectivity index (χ3v) is 3.11. The first-order chi connectivity index (χ1) is 6.70. The minimum absolute atomic E-state index is 0.0669. The molecule has 1 aromatic carbocycles. The summed E-state index contributed by atoms with van der Waals surface area (Å²) in [7, 11) is 0. The first kappa shape index (κ1) is 9.70. The molecule has 0 spiro atoms. The molecular weight excluding hydrogens is 175 g/mol. The van der Waals surface area contributed by atoms with E-state index in [0.717, 1.165) is 30.4 Å². The van der Waals surface area contributed by atoms with Gasteiger partial charge in [0, 0.05) is 0 Å². The van der Waals surface area contributed by atoms with Crippen molar-refractivity contribution in [3.05, 3.63) is 34.6 Å². The van der Waals surface area contributed by atoms with Gasteiger partial charge in [0.05, 0.1) is 0 Å². The normalized spacial score (nSPS) is 15.7. The SMILES string of the molecule is CC(C)c1ccc2c(c1F)CCCC2. The van der Waals surface area contributed by atoms with E-state index in [0.29, 0.717) is 5.92 Å². The smallest absolute Gasteiger partial charge is 0.130 e. The van der Waals surface area contributed by atoms with Gasteiger partial charge in [-0.25, -0.2) is 4.39 Å². The zero-order valence-corrected chi connectivity index (χ0v) is 8.94. The van der Waals surface area contributed by atoms with Crippen molar-refractivity contribution < 1.29 is 4.39 Å². The Kier molecular flexibility index (Phi) is 2.58. The van der Waals surface area contributed by atoms with Gasteiger partial charge >= 0.3 is 0 Å². The van der Waals surface area contributed by atoms with E-state index in [2.05, 4.69) is 6.07 Å². The van der Waals surface area contributed by atoms with Crippen molar-refractivity contribution in [1.82, 2.24) is 0 Å². The minimum Gasteiger partial charge on any atom is -0.206 e. The summed E-state index contributed by atoms with van der Waals surface area (Å²) in [5.74, 6) is 0.361. The van der Waals surface area contributed by atoms with Gasteiger partial charge in [0.15, 0.2) is 0 Å². The van der Waals surface area contributed by atoms with Crippen molar-refractivity contribution in [3.8, 4) is 0 Å². The average molecular weight is 192 g/mol. The number of benzene rings is 1. The van der Waals surface area contributed by atoms with E-state index in [-0.39, 0.29) is 5.82 Å². The Balaban J connectivity index is 2.49. The summed E-state index contributed by atoms with van der Waals surface area (Å²) >= 11 is 0. The molecule has 0 N–H and O–H groups in total. The summed E-state index contributed by atoms with van der Waals surface area (Å²) in [5, 5.41) is 0. The Labute approximate surface area is 85.1 Å². The minimum atomic E-state index is 0.0669. The van der Waals surface area contributed by atoms with Crippen LogP contribution in [0.2, 0.25) is 0 Å². The molecule has 0 atom stereocenters. The van der Waals surface area contributed by atoms with Crippen LogP contribution in [0, 0.1) is 5.82 Å². The third kappa shape index (κ3) is 1.56. The van der Waals surface area contributed by atoms with Gasteiger partial charge in [-0.3, -0.25) is 0 Å². The van der Waals surface area contributed by atoms with E-state index in [1.807, 2.05) is 19.9 Å². The average Bonchev–Trinajstić information content (AvgIpc) is 2.18. The van der Waals surface area contributed by atoms with Gasteiger partial charge in [-0.2, -0.15) is 0 Å². The molecule has 2 rings (SSSR count). The molecule has 0 fully saturated rings. The van der Waals surface area contributed by atoms with Gasteiger partial charge in [0.1, 0.15) is 5.82 Å². The highest BCUT2D eigenvalue weighted by Gasteiger charge is 2.17. The summed E-state index contributed by atoms with van der Waals surface area (Å²) < 4.78 is 14.0. The molecule has 1 heteroatoms. The molecule has 0 heterocycles. The van der Waals surface area contributed by atoms with Crippen molar-refractivity contribution in [2.24, 2.45) is 0 Å². The fraction of sp³-hybridized carbons (Fsp3) is 0.538. The van der Waals surface area contributed by atoms with Crippen molar-refractivity contribution in [2.75, 3.05) is 0 Å². The Morgan fingerprint density at radius 3 is 2.57 bits per heavy atom. The Bertz CT molecular complexity index is 339. The largest absolute Gasteiger partial charge is 0.206 e. The topological polar surface area (TPSA) is 0 Å². The lowest BCUT2D eigenvalue weighted by Crippen LogP contribution is -2.08. The molecule has 0 radical (unpaired) electrons. The highest BCUT2D eigenvalue weighted by atomic mass is 19.1. The van der Waals surface area contributed by atoms with Crippen LogP contribution in [0.15, 0.2) is 12.1 Å². The monoisotopic (exact) mass is 192 g/mol. The molecule has 1 aliphatic rings. The maximum atomic E-state index is 14.0.